The zero-order valence-corrected chi connectivity index (χ0v) is 8.99. The van der Waals surface area contributed by atoms with Crippen molar-refractivity contribution >= 4 is 29.1 Å². The minimum Gasteiger partial charge on any atom is -0.379 e. The predicted octanol–water partition coefficient (Wildman–Crippen LogP) is 1.53. The first kappa shape index (κ1) is 10.6. The van der Waals surface area contributed by atoms with Crippen LogP contribution in [0.4, 0.5) is 5.69 Å². The average Bonchev–Trinajstić information content (AvgIpc) is 2.11. The molecule has 0 saturated carbocycles. The SMILES string of the molecule is O=[N+]([O-])c1cnc(Cl)nc1SC1COC1. The van der Waals surface area contributed by atoms with Crippen LogP contribution in [0.5, 0.6) is 0 Å². The van der Waals surface area contributed by atoms with Gasteiger partial charge in [-0.05, 0) is 11.6 Å². The van der Waals surface area contributed by atoms with E-state index in [9.17, 15) is 10.1 Å². The Labute approximate surface area is 94.2 Å². The zero-order chi connectivity index (χ0) is 10.8. The monoisotopic (exact) mass is 247 g/mol. The molecule has 0 unspecified atom stereocenters. The van der Waals surface area contributed by atoms with Crippen molar-refractivity contribution in [3.8, 4) is 0 Å². The fourth-order valence-electron chi connectivity index (χ4n) is 0.992. The van der Waals surface area contributed by atoms with Gasteiger partial charge in [-0.25, -0.2) is 9.97 Å². The predicted molar refractivity (Wildman–Crippen MR) is 54.2 cm³/mol. The Kier molecular flexibility index (Phi) is 3.03. The van der Waals surface area contributed by atoms with Gasteiger partial charge in [-0.3, -0.25) is 10.1 Å². The number of nitro groups is 1. The smallest absolute Gasteiger partial charge is 0.319 e. The lowest BCUT2D eigenvalue weighted by molar-refractivity contribution is -0.388. The highest BCUT2D eigenvalue weighted by atomic mass is 35.5. The summed E-state index contributed by atoms with van der Waals surface area (Å²) in [6.07, 6.45) is 1.12. The maximum Gasteiger partial charge on any atom is 0.319 e. The molecule has 0 bridgehead atoms. The molecule has 6 nitrogen and oxygen atoms in total. The summed E-state index contributed by atoms with van der Waals surface area (Å²) in [5.41, 5.74) is -0.115. The first-order valence-corrected chi connectivity index (χ1v) is 5.34. The van der Waals surface area contributed by atoms with Crippen molar-refractivity contribution in [1.82, 2.24) is 9.97 Å². The highest BCUT2D eigenvalue weighted by molar-refractivity contribution is 8.00. The molecule has 0 atom stereocenters. The van der Waals surface area contributed by atoms with Crippen LogP contribution in [-0.4, -0.2) is 33.4 Å². The van der Waals surface area contributed by atoms with E-state index in [0.29, 0.717) is 18.2 Å². The van der Waals surface area contributed by atoms with Gasteiger partial charge in [0.05, 0.1) is 23.4 Å². The molecule has 0 N–H and O–H groups in total. The molecule has 2 heterocycles. The van der Waals surface area contributed by atoms with E-state index in [2.05, 4.69) is 9.97 Å². The van der Waals surface area contributed by atoms with Crippen LogP contribution in [0, 0.1) is 10.1 Å². The summed E-state index contributed by atoms with van der Waals surface area (Å²) in [5.74, 6) is 0. The van der Waals surface area contributed by atoms with Crippen LogP contribution in [-0.2, 0) is 4.74 Å². The molecule has 1 aromatic rings. The highest BCUT2D eigenvalue weighted by Gasteiger charge is 2.26. The molecule has 0 aromatic carbocycles. The van der Waals surface area contributed by atoms with Crippen molar-refractivity contribution in [2.24, 2.45) is 0 Å². The third-order valence-corrected chi connectivity index (χ3v) is 3.10. The first-order chi connectivity index (χ1) is 7.16. The topological polar surface area (TPSA) is 78.2 Å². The summed E-state index contributed by atoms with van der Waals surface area (Å²) in [5, 5.41) is 11.2. The van der Waals surface area contributed by atoms with Gasteiger partial charge in [0.15, 0.2) is 5.03 Å². The summed E-state index contributed by atoms with van der Waals surface area (Å²) >= 11 is 6.87. The number of rotatable bonds is 3. The molecule has 1 aliphatic rings. The number of thioether (sulfide) groups is 1. The summed E-state index contributed by atoms with van der Waals surface area (Å²) < 4.78 is 4.97. The lowest BCUT2D eigenvalue weighted by Crippen LogP contribution is -2.30. The molecule has 0 spiro atoms. The normalized spacial score (nSPS) is 16.1. The number of nitrogens with zero attached hydrogens (tertiary/aromatic N) is 3. The number of hydrogen-bond donors (Lipinski definition) is 0. The fourth-order valence-corrected chi connectivity index (χ4v) is 2.21. The first-order valence-electron chi connectivity index (χ1n) is 4.08. The van der Waals surface area contributed by atoms with Crippen molar-refractivity contribution in [2.45, 2.75) is 10.3 Å². The minimum atomic E-state index is -0.516. The van der Waals surface area contributed by atoms with Gasteiger partial charge in [0, 0.05) is 0 Å². The second-order valence-electron chi connectivity index (χ2n) is 2.86. The lowest BCUT2D eigenvalue weighted by Gasteiger charge is -2.24. The van der Waals surface area contributed by atoms with E-state index in [-0.39, 0.29) is 16.2 Å². The van der Waals surface area contributed by atoms with E-state index in [0.717, 1.165) is 6.20 Å². The number of halogens is 1. The Balaban J connectivity index is 2.24. The summed E-state index contributed by atoms with van der Waals surface area (Å²) in [6.45, 7) is 1.17. The third-order valence-electron chi connectivity index (χ3n) is 1.79. The van der Waals surface area contributed by atoms with Gasteiger partial charge in [-0.2, -0.15) is 0 Å². The number of hydrogen-bond acceptors (Lipinski definition) is 6. The zero-order valence-electron chi connectivity index (χ0n) is 7.42. The van der Waals surface area contributed by atoms with Gasteiger partial charge in [-0.15, -0.1) is 0 Å². The van der Waals surface area contributed by atoms with E-state index in [1.165, 1.54) is 11.8 Å². The molecule has 1 aromatic heterocycles. The van der Waals surface area contributed by atoms with Crippen LogP contribution in [0.25, 0.3) is 0 Å². The number of aromatic nitrogens is 2. The van der Waals surface area contributed by atoms with Gasteiger partial charge >= 0.3 is 5.69 Å². The third kappa shape index (κ3) is 2.36. The van der Waals surface area contributed by atoms with Gasteiger partial charge in [0.25, 0.3) is 0 Å². The van der Waals surface area contributed by atoms with Crippen molar-refractivity contribution in [2.75, 3.05) is 13.2 Å². The van der Waals surface area contributed by atoms with E-state index in [4.69, 9.17) is 16.3 Å². The van der Waals surface area contributed by atoms with Gasteiger partial charge < -0.3 is 4.74 Å². The molecule has 2 rings (SSSR count). The second kappa shape index (κ2) is 4.30. The molecule has 1 aliphatic heterocycles. The summed E-state index contributed by atoms with van der Waals surface area (Å²) in [7, 11) is 0. The van der Waals surface area contributed by atoms with Gasteiger partial charge in [-0.1, -0.05) is 11.8 Å². The molecule has 15 heavy (non-hydrogen) atoms. The molecule has 1 fully saturated rings. The van der Waals surface area contributed by atoms with E-state index >= 15 is 0 Å². The second-order valence-corrected chi connectivity index (χ2v) is 4.49. The van der Waals surface area contributed by atoms with E-state index < -0.39 is 4.92 Å². The van der Waals surface area contributed by atoms with E-state index in [1.54, 1.807) is 0 Å². The Morgan fingerprint density at radius 2 is 2.40 bits per heavy atom. The molecule has 80 valence electrons. The van der Waals surface area contributed by atoms with Crippen LogP contribution in [0.3, 0.4) is 0 Å². The van der Waals surface area contributed by atoms with Crippen LogP contribution in [0.2, 0.25) is 5.28 Å². The minimum absolute atomic E-state index is 0.0170. The lowest BCUT2D eigenvalue weighted by atomic mass is 10.4. The van der Waals surface area contributed by atoms with Crippen LogP contribution in [0.15, 0.2) is 11.2 Å². The molecule has 0 radical (unpaired) electrons. The molecular formula is C7H6ClN3O3S. The van der Waals surface area contributed by atoms with Crippen LogP contribution in [0.1, 0.15) is 0 Å². The Morgan fingerprint density at radius 1 is 1.67 bits per heavy atom. The van der Waals surface area contributed by atoms with Crippen molar-refractivity contribution < 1.29 is 9.66 Å². The maximum absolute atomic E-state index is 10.7. The van der Waals surface area contributed by atoms with Gasteiger partial charge in [0.1, 0.15) is 6.20 Å². The average molecular weight is 248 g/mol. The van der Waals surface area contributed by atoms with Crippen molar-refractivity contribution in [3.05, 3.63) is 21.6 Å². The van der Waals surface area contributed by atoms with Crippen LogP contribution >= 0.6 is 23.4 Å². The largest absolute Gasteiger partial charge is 0.379 e. The Hall–Kier alpha value is -0.920. The van der Waals surface area contributed by atoms with Crippen molar-refractivity contribution in [3.63, 3.8) is 0 Å². The molecular weight excluding hydrogens is 242 g/mol. The summed E-state index contributed by atoms with van der Waals surface area (Å²) in [6, 6.07) is 0. The fraction of sp³-hybridized carbons (Fsp3) is 0.429. The molecule has 1 saturated heterocycles. The number of ether oxygens (including phenoxy) is 1. The Bertz CT molecular complexity index is 399. The standard InChI is InChI=1S/C7H6ClN3O3S/c8-7-9-1-5(11(12)13)6(10-7)15-4-2-14-3-4/h1,4H,2-3H2. The van der Waals surface area contributed by atoms with Crippen molar-refractivity contribution in [1.29, 1.82) is 0 Å². The maximum atomic E-state index is 10.7. The molecule has 8 heteroatoms. The van der Waals surface area contributed by atoms with Crippen LogP contribution < -0.4 is 0 Å². The van der Waals surface area contributed by atoms with Gasteiger partial charge in [0.2, 0.25) is 5.28 Å². The molecule has 0 aliphatic carbocycles. The van der Waals surface area contributed by atoms with E-state index in [1.807, 2.05) is 0 Å². The Morgan fingerprint density at radius 3 is 2.93 bits per heavy atom. The summed E-state index contributed by atoms with van der Waals surface area (Å²) in [4.78, 5) is 17.6. The quantitative estimate of drug-likeness (QED) is 0.349. The molecule has 0 amide bonds. The highest BCUT2D eigenvalue weighted by Crippen LogP contribution is 2.33.